The molecule has 1 unspecified atom stereocenters. The summed E-state index contributed by atoms with van der Waals surface area (Å²) in [7, 11) is 3.92. The van der Waals surface area contributed by atoms with Gasteiger partial charge in [0, 0.05) is 38.2 Å². The molecule has 1 aliphatic rings. The van der Waals surface area contributed by atoms with Crippen LogP contribution in [0.2, 0.25) is 0 Å². The highest BCUT2D eigenvalue weighted by molar-refractivity contribution is 6.30. The zero-order chi connectivity index (χ0) is 17.3. The number of halogens is 1. The van der Waals surface area contributed by atoms with Crippen LogP contribution < -0.4 is 4.90 Å². The maximum atomic E-state index is 12.2. The molecule has 6 heteroatoms. The number of benzene rings is 1. The number of anilines is 1. The second kappa shape index (κ2) is 6.77. The van der Waals surface area contributed by atoms with Crippen LogP contribution >= 0.6 is 11.6 Å². The molecule has 1 aromatic heterocycles. The van der Waals surface area contributed by atoms with Gasteiger partial charge in [-0.15, -0.1) is 11.6 Å². The molecule has 1 atom stereocenters. The SMILES string of the molecule is CC(Cl)C(=O)N1CCc2nc(-c3ccccc3)nc(N(C)C)c2C1. The van der Waals surface area contributed by atoms with Crippen molar-refractivity contribution in [2.24, 2.45) is 0 Å². The summed E-state index contributed by atoms with van der Waals surface area (Å²) in [6, 6.07) is 9.96. The molecule has 3 rings (SSSR count). The number of rotatable bonds is 3. The quantitative estimate of drug-likeness (QED) is 0.803. The first-order valence-corrected chi connectivity index (χ1v) is 8.46. The van der Waals surface area contributed by atoms with Crippen LogP contribution in [0.1, 0.15) is 18.2 Å². The summed E-state index contributed by atoms with van der Waals surface area (Å²) < 4.78 is 0. The van der Waals surface area contributed by atoms with Gasteiger partial charge in [0.25, 0.3) is 0 Å². The van der Waals surface area contributed by atoms with Crippen molar-refractivity contribution in [3.63, 3.8) is 0 Å². The summed E-state index contributed by atoms with van der Waals surface area (Å²) >= 11 is 5.96. The third-order valence-electron chi connectivity index (χ3n) is 4.15. The lowest BCUT2D eigenvalue weighted by atomic mass is 10.0. The van der Waals surface area contributed by atoms with E-state index in [1.807, 2.05) is 49.3 Å². The topological polar surface area (TPSA) is 49.3 Å². The minimum absolute atomic E-state index is 0.0424. The van der Waals surface area contributed by atoms with Gasteiger partial charge in [0.05, 0.1) is 12.2 Å². The normalized spacial score (nSPS) is 14.9. The van der Waals surface area contributed by atoms with Gasteiger partial charge in [0.15, 0.2) is 5.82 Å². The maximum Gasteiger partial charge on any atom is 0.240 e. The minimum atomic E-state index is -0.515. The van der Waals surface area contributed by atoms with E-state index in [2.05, 4.69) is 0 Å². The number of amides is 1. The average Bonchev–Trinajstić information content (AvgIpc) is 2.60. The summed E-state index contributed by atoms with van der Waals surface area (Å²) in [4.78, 5) is 25.5. The van der Waals surface area contributed by atoms with Gasteiger partial charge in [-0.25, -0.2) is 9.97 Å². The van der Waals surface area contributed by atoms with E-state index in [1.54, 1.807) is 11.8 Å². The number of carbonyl (C=O) groups excluding carboxylic acids is 1. The van der Waals surface area contributed by atoms with E-state index in [0.29, 0.717) is 19.5 Å². The number of alkyl halides is 1. The van der Waals surface area contributed by atoms with E-state index in [9.17, 15) is 4.79 Å². The molecule has 1 aliphatic heterocycles. The molecule has 0 bridgehead atoms. The Balaban J connectivity index is 2.02. The molecule has 0 saturated carbocycles. The van der Waals surface area contributed by atoms with Crippen molar-refractivity contribution < 1.29 is 4.79 Å². The van der Waals surface area contributed by atoms with Crippen molar-refractivity contribution in [3.05, 3.63) is 41.6 Å². The zero-order valence-corrected chi connectivity index (χ0v) is 14.9. The van der Waals surface area contributed by atoms with Gasteiger partial charge in [-0.1, -0.05) is 30.3 Å². The molecule has 126 valence electrons. The number of carbonyl (C=O) groups is 1. The molecule has 0 spiro atoms. The lowest BCUT2D eigenvalue weighted by molar-refractivity contribution is -0.131. The molecular weight excluding hydrogens is 324 g/mol. The lowest BCUT2D eigenvalue weighted by Gasteiger charge is -2.31. The molecule has 2 aromatic rings. The van der Waals surface area contributed by atoms with Crippen LogP contribution in [0.4, 0.5) is 5.82 Å². The summed E-state index contributed by atoms with van der Waals surface area (Å²) in [6.07, 6.45) is 0.716. The van der Waals surface area contributed by atoms with Gasteiger partial charge in [-0.2, -0.15) is 0 Å². The van der Waals surface area contributed by atoms with Crippen molar-refractivity contribution >= 4 is 23.3 Å². The fraction of sp³-hybridized carbons (Fsp3) is 0.389. The molecule has 0 radical (unpaired) electrons. The van der Waals surface area contributed by atoms with Crippen LogP contribution in [0.5, 0.6) is 0 Å². The molecule has 0 fully saturated rings. The summed E-state index contributed by atoms with van der Waals surface area (Å²) in [5, 5.41) is -0.515. The monoisotopic (exact) mass is 344 g/mol. The molecule has 5 nitrogen and oxygen atoms in total. The molecule has 1 aromatic carbocycles. The first-order valence-electron chi connectivity index (χ1n) is 8.02. The van der Waals surface area contributed by atoms with Crippen LogP contribution in [0.3, 0.4) is 0 Å². The van der Waals surface area contributed by atoms with Crippen molar-refractivity contribution in [1.82, 2.24) is 14.9 Å². The molecule has 2 heterocycles. The molecular formula is C18H21ClN4O. The molecule has 24 heavy (non-hydrogen) atoms. The van der Waals surface area contributed by atoms with Crippen LogP contribution in [-0.4, -0.2) is 46.8 Å². The Bertz CT molecular complexity index is 746. The van der Waals surface area contributed by atoms with Crippen LogP contribution in [-0.2, 0) is 17.8 Å². The highest BCUT2D eigenvalue weighted by Crippen LogP contribution is 2.29. The van der Waals surface area contributed by atoms with E-state index < -0.39 is 5.38 Å². The maximum absolute atomic E-state index is 12.2. The predicted molar refractivity (Wildman–Crippen MR) is 96.2 cm³/mol. The van der Waals surface area contributed by atoms with Crippen molar-refractivity contribution in [3.8, 4) is 11.4 Å². The highest BCUT2D eigenvalue weighted by atomic mass is 35.5. The summed E-state index contributed by atoms with van der Waals surface area (Å²) in [6.45, 7) is 2.86. The standard InChI is InChI=1S/C18H21ClN4O/c1-12(19)18(24)23-10-9-15-14(11-23)17(22(2)3)21-16(20-15)13-7-5-4-6-8-13/h4-8,12H,9-11H2,1-3H3. The van der Waals surface area contributed by atoms with Crippen molar-refractivity contribution in [1.29, 1.82) is 0 Å². The fourth-order valence-electron chi connectivity index (χ4n) is 2.92. The third kappa shape index (κ3) is 3.22. The molecule has 1 amide bonds. The van der Waals surface area contributed by atoms with Gasteiger partial charge in [0.2, 0.25) is 5.91 Å². The second-order valence-corrected chi connectivity index (χ2v) is 6.84. The lowest BCUT2D eigenvalue weighted by Crippen LogP contribution is -2.40. The van der Waals surface area contributed by atoms with Gasteiger partial charge < -0.3 is 9.80 Å². The Morgan fingerprint density at radius 3 is 2.58 bits per heavy atom. The zero-order valence-electron chi connectivity index (χ0n) is 14.2. The second-order valence-electron chi connectivity index (χ2n) is 6.18. The van der Waals surface area contributed by atoms with E-state index in [1.165, 1.54) is 0 Å². The van der Waals surface area contributed by atoms with Gasteiger partial charge in [0.1, 0.15) is 11.2 Å². The summed E-state index contributed by atoms with van der Waals surface area (Å²) in [5.74, 6) is 1.54. The number of fused-ring (bicyclic) bond motifs is 1. The molecule has 0 N–H and O–H groups in total. The number of aromatic nitrogens is 2. The van der Waals surface area contributed by atoms with Crippen LogP contribution in [0, 0.1) is 0 Å². The van der Waals surface area contributed by atoms with E-state index >= 15 is 0 Å². The fourth-order valence-corrected chi connectivity index (χ4v) is 3.06. The third-order valence-corrected chi connectivity index (χ3v) is 4.33. The first kappa shape index (κ1) is 16.7. The van der Waals surface area contributed by atoms with Crippen molar-refractivity contribution in [2.75, 3.05) is 25.5 Å². The smallest absolute Gasteiger partial charge is 0.240 e. The van der Waals surface area contributed by atoms with E-state index in [-0.39, 0.29) is 5.91 Å². The number of nitrogens with zero attached hydrogens (tertiary/aromatic N) is 4. The Kier molecular flexibility index (Phi) is 4.71. The van der Waals surface area contributed by atoms with E-state index in [0.717, 1.165) is 28.5 Å². The minimum Gasteiger partial charge on any atom is -0.362 e. The summed E-state index contributed by atoms with van der Waals surface area (Å²) in [5.41, 5.74) is 3.02. The number of hydrogen-bond donors (Lipinski definition) is 0. The molecule has 0 saturated heterocycles. The van der Waals surface area contributed by atoms with Crippen molar-refractivity contribution in [2.45, 2.75) is 25.3 Å². The Hall–Kier alpha value is -2.14. The van der Waals surface area contributed by atoms with Crippen LogP contribution in [0.25, 0.3) is 11.4 Å². The average molecular weight is 345 g/mol. The number of hydrogen-bond acceptors (Lipinski definition) is 4. The Labute approximate surface area is 147 Å². The van der Waals surface area contributed by atoms with Gasteiger partial charge >= 0.3 is 0 Å². The molecule has 0 aliphatic carbocycles. The Morgan fingerprint density at radius 2 is 1.96 bits per heavy atom. The van der Waals surface area contributed by atoms with Gasteiger partial charge in [-0.05, 0) is 6.92 Å². The highest BCUT2D eigenvalue weighted by Gasteiger charge is 2.28. The van der Waals surface area contributed by atoms with Crippen LogP contribution in [0.15, 0.2) is 30.3 Å². The Morgan fingerprint density at radius 1 is 1.25 bits per heavy atom. The predicted octanol–water partition coefficient (Wildman–Crippen LogP) is 2.72. The first-order chi connectivity index (χ1) is 11.5. The van der Waals surface area contributed by atoms with E-state index in [4.69, 9.17) is 21.6 Å². The van der Waals surface area contributed by atoms with Gasteiger partial charge in [-0.3, -0.25) is 4.79 Å². The largest absolute Gasteiger partial charge is 0.362 e.